The van der Waals surface area contributed by atoms with E-state index in [1.165, 1.54) is 0 Å². The van der Waals surface area contributed by atoms with E-state index in [0.717, 1.165) is 5.56 Å². The molecule has 1 aromatic carbocycles. The summed E-state index contributed by atoms with van der Waals surface area (Å²) < 4.78 is 0. The number of hydrogen-bond acceptors (Lipinski definition) is 2. The van der Waals surface area contributed by atoms with Gasteiger partial charge in [-0.2, -0.15) is 0 Å². The first kappa shape index (κ1) is 13.9. The van der Waals surface area contributed by atoms with Crippen molar-refractivity contribution < 1.29 is 9.59 Å². The van der Waals surface area contributed by atoms with Gasteiger partial charge in [-0.1, -0.05) is 24.6 Å². The first-order valence-corrected chi connectivity index (χ1v) is 6.77. The lowest BCUT2D eigenvalue weighted by Crippen LogP contribution is -2.56. The number of nitrogens with one attached hydrogen (secondary N) is 1. The molecular formula is C14H17ClN2O2. The number of rotatable bonds is 2. The molecule has 4 nitrogen and oxygen atoms in total. The van der Waals surface area contributed by atoms with Crippen molar-refractivity contribution in [2.24, 2.45) is 0 Å². The maximum atomic E-state index is 12.5. The Labute approximate surface area is 117 Å². The van der Waals surface area contributed by atoms with Crippen molar-refractivity contribution in [3.8, 4) is 0 Å². The number of nitrogens with zero attached hydrogens (tertiary/aromatic N) is 1. The lowest BCUT2D eigenvalue weighted by molar-refractivity contribution is -0.127. The molecule has 0 bridgehead atoms. The lowest BCUT2D eigenvalue weighted by atomic mass is 10.1. The quantitative estimate of drug-likeness (QED) is 0.901. The van der Waals surface area contributed by atoms with E-state index in [9.17, 15) is 9.59 Å². The summed E-state index contributed by atoms with van der Waals surface area (Å²) in [4.78, 5) is 25.9. The highest BCUT2D eigenvalue weighted by molar-refractivity contribution is 6.34. The van der Waals surface area contributed by atoms with Gasteiger partial charge >= 0.3 is 0 Å². The van der Waals surface area contributed by atoms with Crippen LogP contribution in [-0.4, -0.2) is 35.8 Å². The number of amides is 2. The van der Waals surface area contributed by atoms with Crippen molar-refractivity contribution in [3.05, 3.63) is 34.3 Å². The first-order valence-electron chi connectivity index (χ1n) is 6.39. The number of halogens is 1. The van der Waals surface area contributed by atoms with Crippen molar-refractivity contribution in [3.63, 3.8) is 0 Å². The van der Waals surface area contributed by atoms with E-state index in [-0.39, 0.29) is 11.8 Å². The van der Waals surface area contributed by atoms with E-state index >= 15 is 0 Å². The van der Waals surface area contributed by atoms with Crippen LogP contribution >= 0.6 is 11.6 Å². The van der Waals surface area contributed by atoms with Gasteiger partial charge in [0.1, 0.15) is 6.04 Å². The van der Waals surface area contributed by atoms with E-state index in [4.69, 9.17) is 11.6 Å². The van der Waals surface area contributed by atoms with Crippen molar-refractivity contribution in [2.75, 3.05) is 13.1 Å². The molecule has 1 N–H and O–H groups in total. The molecule has 2 amide bonds. The molecule has 1 saturated heterocycles. The molecule has 1 fully saturated rings. The summed E-state index contributed by atoms with van der Waals surface area (Å²) in [6, 6.07) is 4.93. The van der Waals surface area contributed by atoms with Crippen LogP contribution < -0.4 is 5.32 Å². The second-order valence-corrected chi connectivity index (χ2v) is 5.10. The van der Waals surface area contributed by atoms with E-state index in [1.807, 2.05) is 19.9 Å². The summed E-state index contributed by atoms with van der Waals surface area (Å²) >= 11 is 6.12. The minimum atomic E-state index is -0.404. The molecule has 1 atom stereocenters. The van der Waals surface area contributed by atoms with Gasteiger partial charge in [-0.05, 0) is 31.0 Å². The third-order valence-corrected chi connectivity index (χ3v) is 3.65. The minimum absolute atomic E-state index is 0.0923. The Morgan fingerprint density at radius 3 is 2.89 bits per heavy atom. The van der Waals surface area contributed by atoms with Gasteiger partial charge in [-0.25, -0.2) is 0 Å². The molecule has 19 heavy (non-hydrogen) atoms. The first-order chi connectivity index (χ1) is 9.04. The number of aryl methyl sites for hydroxylation is 1. The lowest BCUT2D eigenvalue weighted by Gasteiger charge is -2.34. The maximum absolute atomic E-state index is 12.5. The van der Waals surface area contributed by atoms with Gasteiger partial charge in [0.25, 0.3) is 5.91 Å². The number of piperazine rings is 1. The smallest absolute Gasteiger partial charge is 0.256 e. The fourth-order valence-corrected chi connectivity index (χ4v) is 2.63. The Kier molecular flexibility index (Phi) is 4.10. The second-order valence-electron chi connectivity index (χ2n) is 4.70. The highest BCUT2D eigenvalue weighted by Gasteiger charge is 2.32. The maximum Gasteiger partial charge on any atom is 0.256 e. The average Bonchev–Trinajstić information content (AvgIpc) is 2.37. The van der Waals surface area contributed by atoms with Crippen molar-refractivity contribution >= 4 is 23.4 Å². The van der Waals surface area contributed by atoms with Crippen molar-refractivity contribution in [2.45, 2.75) is 26.3 Å². The van der Waals surface area contributed by atoms with Gasteiger partial charge in [0.05, 0.1) is 10.6 Å². The van der Waals surface area contributed by atoms with Crippen molar-refractivity contribution in [1.82, 2.24) is 10.2 Å². The summed E-state index contributed by atoms with van der Waals surface area (Å²) in [5.74, 6) is -0.267. The molecule has 5 heteroatoms. The molecule has 102 valence electrons. The number of carbonyl (C=O) groups excluding carboxylic acids is 2. The number of hydrogen-bond donors (Lipinski definition) is 1. The molecule has 2 rings (SSSR count). The van der Waals surface area contributed by atoms with Gasteiger partial charge in [0, 0.05) is 13.1 Å². The highest BCUT2D eigenvalue weighted by atomic mass is 35.5. The van der Waals surface area contributed by atoms with E-state index in [1.54, 1.807) is 17.0 Å². The average molecular weight is 281 g/mol. The number of carbonyl (C=O) groups is 2. The van der Waals surface area contributed by atoms with Crippen LogP contribution in [0.5, 0.6) is 0 Å². The van der Waals surface area contributed by atoms with Gasteiger partial charge in [0.15, 0.2) is 0 Å². The molecule has 1 heterocycles. The molecule has 0 saturated carbocycles. The Hall–Kier alpha value is -1.55. The summed E-state index contributed by atoms with van der Waals surface area (Å²) in [5.41, 5.74) is 1.46. The summed E-state index contributed by atoms with van der Waals surface area (Å²) in [6.45, 7) is 4.83. The SMILES string of the molecule is CCC1C(=O)NCCN1C(=O)c1ccc(C)cc1Cl. The van der Waals surface area contributed by atoms with Crippen molar-refractivity contribution in [1.29, 1.82) is 0 Å². The normalized spacial score (nSPS) is 19.2. The van der Waals surface area contributed by atoms with Crippen LogP contribution in [0.3, 0.4) is 0 Å². The fraction of sp³-hybridized carbons (Fsp3) is 0.429. The monoisotopic (exact) mass is 280 g/mol. The van der Waals surface area contributed by atoms with Gasteiger partial charge in [0.2, 0.25) is 5.91 Å². The number of benzene rings is 1. The zero-order valence-corrected chi connectivity index (χ0v) is 11.8. The molecule has 0 aromatic heterocycles. The molecule has 1 unspecified atom stereocenters. The predicted octanol–water partition coefficient (Wildman–Crippen LogP) is 2.00. The Bertz CT molecular complexity index is 516. The second kappa shape index (κ2) is 5.61. The predicted molar refractivity (Wildman–Crippen MR) is 74.3 cm³/mol. The van der Waals surface area contributed by atoms with E-state index in [0.29, 0.717) is 30.1 Å². The Morgan fingerprint density at radius 2 is 2.26 bits per heavy atom. The molecular weight excluding hydrogens is 264 g/mol. The molecule has 1 aromatic rings. The third-order valence-electron chi connectivity index (χ3n) is 3.33. The van der Waals surface area contributed by atoms with Crippen LogP contribution in [0.2, 0.25) is 5.02 Å². The van der Waals surface area contributed by atoms with Crippen LogP contribution in [0, 0.1) is 6.92 Å². The van der Waals surface area contributed by atoms with Crippen LogP contribution in [0.15, 0.2) is 18.2 Å². The molecule has 0 aliphatic carbocycles. The van der Waals surface area contributed by atoms with Gasteiger partial charge in [-0.15, -0.1) is 0 Å². The van der Waals surface area contributed by atoms with Crippen LogP contribution in [-0.2, 0) is 4.79 Å². The minimum Gasteiger partial charge on any atom is -0.353 e. The third kappa shape index (κ3) is 2.73. The van der Waals surface area contributed by atoms with Gasteiger partial charge < -0.3 is 10.2 Å². The van der Waals surface area contributed by atoms with E-state index < -0.39 is 6.04 Å². The van der Waals surface area contributed by atoms with Crippen LogP contribution in [0.1, 0.15) is 29.3 Å². The zero-order chi connectivity index (χ0) is 14.0. The van der Waals surface area contributed by atoms with Crippen LogP contribution in [0.25, 0.3) is 0 Å². The highest BCUT2D eigenvalue weighted by Crippen LogP contribution is 2.21. The fourth-order valence-electron chi connectivity index (χ4n) is 2.31. The Balaban J connectivity index is 2.29. The molecule has 0 spiro atoms. The molecule has 0 radical (unpaired) electrons. The Morgan fingerprint density at radius 1 is 1.53 bits per heavy atom. The standard InChI is InChI=1S/C14H17ClN2O2/c1-3-12-13(18)16-6-7-17(12)14(19)10-5-4-9(2)8-11(10)15/h4-5,8,12H,3,6-7H2,1-2H3,(H,16,18). The largest absolute Gasteiger partial charge is 0.353 e. The summed E-state index contributed by atoms with van der Waals surface area (Å²) in [6.07, 6.45) is 0.598. The topological polar surface area (TPSA) is 49.4 Å². The zero-order valence-electron chi connectivity index (χ0n) is 11.1. The summed E-state index contributed by atoms with van der Waals surface area (Å²) in [5, 5.41) is 3.21. The molecule has 1 aliphatic rings. The summed E-state index contributed by atoms with van der Waals surface area (Å²) in [7, 11) is 0. The van der Waals surface area contributed by atoms with Crippen LogP contribution in [0.4, 0.5) is 0 Å². The molecule has 1 aliphatic heterocycles. The van der Waals surface area contributed by atoms with E-state index in [2.05, 4.69) is 5.32 Å². The van der Waals surface area contributed by atoms with Gasteiger partial charge in [-0.3, -0.25) is 9.59 Å².